The summed E-state index contributed by atoms with van der Waals surface area (Å²) in [7, 11) is 0. The molecule has 0 aromatic carbocycles. The number of hydrogen-bond donors (Lipinski definition) is 2. The molecule has 0 aliphatic rings. The van der Waals surface area contributed by atoms with E-state index in [-0.39, 0.29) is 0 Å². The van der Waals surface area contributed by atoms with Crippen LogP contribution < -0.4 is 10.0 Å². The van der Waals surface area contributed by atoms with Crippen molar-refractivity contribution in [2.24, 2.45) is 0 Å². The molecule has 0 spiro atoms. The van der Waals surface area contributed by atoms with E-state index in [4.69, 9.17) is 0 Å². The molecule has 0 aliphatic carbocycles. The second-order valence-corrected chi connectivity index (χ2v) is 4.96. The minimum atomic E-state index is 0.956. The van der Waals surface area contributed by atoms with E-state index in [1.807, 2.05) is 0 Å². The summed E-state index contributed by atoms with van der Waals surface area (Å²) in [5, 5.41) is 3.46. The predicted molar refractivity (Wildman–Crippen MR) is 85.4 cm³/mol. The van der Waals surface area contributed by atoms with Crippen molar-refractivity contribution in [1.82, 2.24) is 10.0 Å². The van der Waals surface area contributed by atoms with Crippen molar-refractivity contribution < 1.29 is 0 Å². The summed E-state index contributed by atoms with van der Waals surface area (Å²) in [6.07, 6.45) is 8.28. The molecule has 0 amide bonds. The zero-order chi connectivity index (χ0) is 13.8. The number of allylic oxidation sites excluding steroid dienone is 4. The van der Waals surface area contributed by atoms with Gasteiger partial charge in [0.05, 0.1) is 0 Å². The Kier molecular flexibility index (Phi) is 10.6. The van der Waals surface area contributed by atoms with Crippen LogP contribution in [0.5, 0.6) is 0 Å². The normalized spacial score (nSPS) is 12.4. The summed E-state index contributed by atoms with van der Waals surface area (Å²) in [4.78, 5) is 0.957. The first-order valence-electron chi connectivity index (χ1n) is 6.44. The van der Waals surface area contributed by atoms with Crippen molar-refractivity contribution in [2.75, 3.05) is 13.1 Å². The molecule has 0 atom stereocenters. The molecule has 2 N–H and O–H groups in total. The molecule has 0 radical (unpaired) electrons. The third-order valence-corrected chi connectivity index (χ3v) is 3.20. The molecular weight excluding hydrogens is 240 g/mol. The van der Waals surface area contributed by atoms with E-state index in [0.29, 0.717) is 0 Å². The summed E-state index contributed by atoms with van der Waals surface area (Å²) < 4.78 is 3.25. The van der Waals surface area contributed by atoms with Gasteiger partial charge in [0.2, 0.25) is 0 Å². The number of rotatable bonds is 10. The van der Waals surface area contributed by atoms with E-state index in [1.54, 1.807) is 6.08 Å². The minimum Gasteiger partial charge on any atom is -0.385 e. The van der Waals surface area contributed by atoms with Crippen molar-refractivity contribution in [1.29, 1.82) is 0 Å². The second kappa shape index (κ2) is 11.2. The third-order valence-electron chi connectivity index (χ3n) is 2.43. The zero-order valence-electron chi connectivity index (χ0n) is 11.9. The van der Waals surface area contributed by atoms with Gasteiger partial charge in [0.15, 0.2) is 0 Å². The lowest BCUT2D eigenvalue weighted by Crippen LogP contribution is -2.19. The lowest BCUT2D eigenvalue weighted by molar-refractivity contribution is 0.719. The second-order valence-electron chi connectivity index (χ2n) is 3.94. The van der Waals surface area contributed by atoms with Gasteiger partial charge in [0, 0.05) is 23.7 Å². The highest BCUT2D eigenvalue weighted by Crippen LogP contribution is 2.09. The Morgan fingerprint density at radius 1 is 1.33 bits per heavy atom. The lowest BCUT2D eigenvalue weighted by Gasteiger charge is -2.11. The zero-order valence-corrected chi connectivity index (χ0v) is 12.7. The first-order valence-corrected chi connectivity index (χ1v) is 7.25. The first-order chi connectivity index (χ1) is 8.65. The monoisotopic (exact) mass is 266 g/mol. The van der Waals surface area contributed by atoms with Gasteiger partial charge in [-0.2, -0.15) is 0 Å². The highest BCUT2D eigenvalue weighted by molar-refractivity contribution is 8.01. The van der Waals surface area contributed by atoms with Crippen LogP contribution in [0.3, 0.4) is 0 Å². The van der Waals surface area contributed by atoms with Crippen LogP contribution in [0, 0.1) is 0 Å². The highest BCUT2D eigenvalue weighted by atomic mass is 32.2. The maximum atomic E-state index is 3.83. The van der Waals surface area contributed by atoms with Gasteiger partial charge in [-0.25, -0.2) is 0 Å². The van der Waals surface area contributed by atoms with Crippen LogP contribution >= 0.6 is 11.9 Å². The van der Waals surface area contributed by atoms with Crippen molar-refractivity contribution in [2.45, 2.75) is 33.6 Å². The minimum absolute atomic E-state index is 0.956. The maximum Gasteiger partial charge on any atom is 0.0323 e. The molecule has 0 bridgehead atoms. The predicted octanol–water partition coefficient (Wildman–Crippen LogP) is 4.16. The molecule has 18 heavy (non-hydrogen) atoms. The highest BCUT2D eigenvalue weighted by Gasteiger charge is 1.97. The molecule has 0 saturated heterocycles. The van der Waals surface area contributed by atoms with Crippen molar-refractivity contribution in [3.63, 3.8) is 0 Å². The summed E-state index contributed by atoms with van der Waals surface area (Å²) in [5.74, 6) is 0. The van der Waals surface area contributed by atoms with E-state index in [1.165, 1.54) is 23.2 Å². The van der Waals surface area contributed by atoms with Gasteiger partial charge in [-0.05, 0) is 44.2 Å². The molecule has 0 heterocycles. The van der Waals surface area contributed by atoms with Gasteiger partial charge < -0.3 is 5.32 Å². The quantitative estimate of drug-likeness (QED) is 0.353. The molecule has 0 fully saturated rings. The molecule has 0 saturated carbocycles. The molecule has 0 aromatic heterocycles. The molecule has 3 heteroatoms. The Morgan fingerprint density at radius 2 is 2.06 bits per heavy atom. The van der Waals surface area contributed by atoms with E-state index >= 15 is 0 Å². The molecule has 2 nitrogen and oxygen atoms in total. The van der Waals surface area contributed by atoms with E-state index in [9.17, 15) is 0 Å². The van der Waals surface area contributed by atoms with Crippen molar-refractivity contribution >= 4 is 11.9 Å². The van der Waals surface area contributed by atoms with E-state index < -0.39 is 0 Å². The Labute approximate surface area is 116 Å². The van der Waals surface area contributed by atoms with Crippen LogP contribution in [0.25, 0.3) is 0 Å². The molecular formula is C15H26N2S. The summed E-state index contributed by atoms with van der Waals surface area (Å²) in [5.41, 5.74) is 2.56. The summed E-state index contributed by atoms with van der Waals surface area (Å²) >= 11 is 1.54. The van der Waals surface area contributed by atoms with Crippen LogP contribution in [0.1, 0.15) is 33.6 Å². The van der Waals surface area contributed by atoms with Crippen LogP contribution in [0.2, 0.25) is 0 Å². The number of nitrogens with one attached hydrogen (secondary N) is 2. The first kappa shape index (κ1) is 17.1. The fourth-order valence-electron chi connectivity index (χ4n) is 1.45. The maximum absolute atomic E-state index is 3.83. The van der Waals surface area contributed by atoms with Gasteiger partial charge in [0.25, 0.3) is 0 Å². The molecule has 0 aliphatic heterocycles. The van der Waals surface area contributed by atoms with Crippen LogP contribution in [0.15, 0.2) is 47.6 Å². The Bertz CT molecular complexity index is 316. The van der Waals surface area contributed by atoms with Gasteiger partial charge in [-0.3, -0.25) is 4.72 Å². The molecule has 102 valence electrons. The van der Waals surface area contributed by atoms with Crippen molar-refractivity contribution in [3.05, 3.63) is 47.6 Å². The average molecular weight is 266 g/mol. The van der Waals surface area contributed by atoms with Crippen molar-refractivity contribution in [3.8, 4) is 0 Å². The van der Waals surface area contributed by atoms with Crippen LogP contribution in [0.4, 0.5) is 0 Å². The molecule has 0 rings (SSSR count). The smallest absolute Gasteiger partial charge is 0.0323 e. The summed E-state index contributed by atoms with van der Waals surface area (Å²) in [6.45, 7) is 15.8. The van der Waals surface area contributed by atoms with Gasteiger partial charge in [-0.1, -0.05) is 38.3 Å². The SMILES string of the molecule is C=CC(=C)SNCCCNC(=C/C)/C(C)=C/CC. The average Bonchev–Trinajstić information content (AvgIpc) is 2.37. The Morgan fingerprint density at radius 3 is 2.61 bits per heavy atom. The standard InChI is InChI=1S/C15H26N2S/c1-6-10-13(4)15(8-3)16-11-9-12-17-18-14(5)7-2/h7-8,10,16-17H,2,5-6,9,11-12H2,1,3-4H3/b13-10+,15-8+. The Hall–Kier alpha value is -0.930. The third kappa shape index (κ3) is 8.20. The largest absolute Gasteiger partial charge is 0.385 e. The van der Waals surface area contributed by atoms with Crippen LogP contribution in [-0.4, -0.2) is 13.1 Å². The summed E-state index contributed by atoms with van der Waals surface area (Å²) in [6, 6.07) is 0. The van der Waals surface area contributed by atoms with E-state index in [0.717, 1.165) is 30.8 Å². The van der Waals surface area contributed by atoms with Crippen LogP contribution in [-0.2, 0) is 0 Å². The topological polar surface area (TPSA) is 24.1 Å². The van der Waals surface area contributed by atoms with Gasteiger partial charge in [0.1, 0.15) is 0 Å². The van der Waals surface area contributed by atoms with Gasteiger partial charge in [-0.15, -0.1) is 0 Å². The number of hydrogen-bond acceptors (Lipinski definition) is 3. The van der Waals surface area contributed by atoms with Gasteiger partial charge >= 0.3 is 0 Å². The fourth-order valence-corrected chi connectivity index (χ4v) is 1.97. The molecule has 0 unspecified atom stereocenters. The Balaban J connectivity index is 3.73. The van der Waals surface area contributed by atoms with E-state index in [2.05, 4.69) is 56.1 Å². The fraction of sp³-hybridized carbons (Fsp3) is 0.467. The molecule has 0 aromatic rings. The lowest BCUT2D eigenvalue weighted by atomic mass is 10.1.